The van der Waals surface area contributed by atoms with Gasteiger partial charge in [-0.3, -0.25) is 4.90 Å². The van der Waals surface area contributed by atoms with Crippen LogP contribution in [0.5, 0.6) is 0 Å². The molecule has 1 aromatic heterocycles. The first-order chi connectivity index (χ1) is 7.86. The SMILES string of the molecule is CCC1CCCCN1C(CN)c1ccco1. The summed E-state index contributed by atoms with van der Waals surface area (Å²) >= 11 is 0. The molecule has 2 atom stereocenters. The van der Waals surface area contributed by atoms with E-state index in [4.69, 9.17) is 10.2 Å². The molecule has 0 aliphatic carbocycles. The van der Waals surface area contributed by atoms with Gasteiger partial charge >= 0.3 is 0 Å². The fourth-order valence-corrected chi connectivity index (χ4v) is 2.77. The molecular formula is C13H22N2O. The second kappa shape index (κ2) is 5.51. The highest BCUT2D eigenvalue weighted by molar-refractivity contribution is 5.06. The van der Waals surface area contributed by atoms with Crippen LogP contribution in [0.2, 0.25) is 0 Å². The van der Waals surface area contributed by atoms with Crippen molar-refractivity contribution in [2.45, 2.75) is 44.7 Å². The van der Waals surface area contributed by atoms with Crippen molar-refractivity contribution < 1.29 is 4.42 Å². The van der Waals surface area contributed by atoms with Crippen LogP contribution >= 0.6 is 0 Å². The maximum Gasteiger partial charge on any atom is 0.122 e. The number of nitrogens with two attached hydrogens (primary N) is 1. The Balaban J connectivity index is 2.13. The molecule has 3 heteroatoms. The molecule has 1 aliphatic rings. The highest BCUT2D eigenvalue weighted by atomic mass is 16.3. The summed E-state index contributed by atoms with van der Waals surface area (Å²) in [6.07, 6.45) is 6.88. The van der Waals surface area contributed by atoms with Gasteiger partial charge in [0.15, 0.2) is 0 Å². The van der Waals surface area contributed by atoms with E-state index in [1.807, 2.05) is 12.1 Å². The lowest BCUT2D eigenvalue weighted by atomic mass is 9.97. The molecule has 16 heavy (non-hydrogen) atoms. The number of hydrogen-bond donors (Lipinski definition) is 1. The number of rotatable bonds is 4. The average molecular weight is 222 g/mol. The Bertz CT molecular complexity index is 297. The zero-order valence-electron chi connectivity index (χ0n) is 10.1. The molecule has 3 nitrogen and oxygen atoms in total. The van der Waals surface area contributed by atoms with Gasteiger partial charge in [0.25, 0.3) is 0 Å². The Morgan fingerprint density at radius 1 is 1.56 bits per heavy atom. The smallest absolute Gasteiger partial charge is 0.122 e. The predicted molar refractivity (Wildman–Crippen MR) is 65.1 cm³/mol. The fourth-order valence-electron chi connectivity index (χ4n) is 2.77. The summed E-state index contributed by atoms with van der Waals surface area (Å²) in [7, 11) is 0. The number of furan rings is 1. The minimum atomic E-state index is 0.264. The maximum absolute atomic E-state index is 5.91. The second-order valence-corrected chi connectivity index (χ2v) is 4.56. The van der Waals surface area contributed by atoms with E-state index in [2.05, 4.69) is 11.8 Å². The van der Waals surface area contributed by atoms with Crippen molar-refractivity contribution >= 4 is 0 Å². The first kappa shape index (κ1) is 11.7. The van der Waals surface area contributed by atoms with E-state index in [1.54, 1.807) is 6.26 Å². The van der Waals surface area contributed by atoms with Gasteiger partial charge < -0.3 is 10.2 Å². The van der Waals surface area contributed by atoms with Crippen LogP contribution in [0.4, 0.5) is 0 Å². The zero-order chi connectivity index (χ0) is 11.4. The summed E-state index contributed by atoms with van der Waals surface area (Å²) in [6, 6.07) is 4.93. The summed E-state index contributed by atoms with van der Waals surface area (Å²) in [4.78, 5) is 2.53. The molecule has 90 valence electrons. The van der Waals surface area contributed by atoms with Gasteiger partial charge in [-0.1, -0.05) is 13.3 Å². The third kappa shape index (κ3) is 2.30. The number of nitrogens with zero attached hydrogens (tertiary/aromatic N) is 1. The lowest BCUT2D eigenvalue weighted by Crippen LogP contribution is -2.44. The largest absolute Gasteiger partial charge is 0.468 e. The van der Waals surface area contributed by atoms with Crippen LogP contribution in [-0.4, -0.2) is 24.0 Å². The third-order valence-electron chi connectivity index (χ3n) is 3.64. The van der Waals surface area contributed by atoms with Gasteiger partial charge in [-0.25, -0.2) is 0 Å². The molecule has 2 rings (SSSR count). The first-order valence-electron chi connectivity index (χ1n) is 6.36. The molecular weight excluding hydrogens is 200 g/mol. The molecule has 2 unspecified atom stereocenters. The molecule has 1 fully saturated rings. The van der Waals surface area contributed by atoms with E-state index in [1.165, 1.54) is 25.7 Å². The Morgan fingerprint density at radius 2 is 2.44 bits per heavy atom. The molecule has 1 aliphatic heterocycles. The summed E-state index contributed by atoms with van der Waals surface area (Å²) in [6.45, 7) is 4.06. The van der Waals surface area contributed by atoms with Crippen molar-refractivity contribution in [2.75, 3.05) is 13.1 Å². The van der Waals surface area contributed by atoms with Crippen LogP contribution in [0, 0.1) is 0 Å². The van der Waals surface area contributed by atoms with E-state index in [-0.39, 0.29) is 6.04 Å². The number of hydrogen-bond acceptors (Lipinski definition) is 3. The molecule has 1 aromatic rings. The van der Waals surface area contributed by atoms with E-state index < -0.39 is 0 Å². The van der Waals surface area contributed by atoms with Crippen LogP contribution in [0.1, 0.15) is 44.4 Å². The number of likely N-dealkylation sites (tertiary alicyclic amines) is 1. The normalized spacial score (nSPS) is 24.5. The van der Waals surface area contributed by atoms with Gasteiger partial charge in [0.2, 0.25) is 0 Å². The summed E-state index contributed by atoms with van der Waals surface area (Å²) in [5.41, 5.74) is 5.91. The molecule has 1 saturated heterocycles. The van der Waals surface area contributed by atoms with Crippen molar-refractivity contribution in [3.8, 4) is 0 Å². The Kier molecular flexibility index (Phi) is 4.02. The average Bonchev–Trinajstić information content (AvgIpc) is 2.84. The zero-order valence-corrected chi connectivity index (χ0v) is 10.1. The fraction of sp³-hybridized carbons (Fsp3) is 0.692. The van der Waals surface area contributed by atoms with Crippen LogP contribution in [-0.2, 0) is 0 Å². The molecule has 2 heterocycles. The van der Waals surface area contributed by atoms with Gasteiger partial charge in [0.05, 0.1) is 12.3 Å². The predicted octanol–water partition coefficient (Wildman–Crippen LogP) is 2.54. The highest BCUT2D eigenvalue weighted by Crippen LogP contribution is 2.29. The van der Waals surface area contributed by atoms with Gasteiger partial charge in [-0.05, 0) is 37.9 Å². The minimum absolute atomic E-state index is 0.264. The van der Waals surface area contributed by atoms with Crippen molar-refractivity contribution in [3.05, 3.63) is 24.2 Å². The molecule has 0 radical (unpaired) electrons. The van der Waals surface area contributed by atoms with Crippen LogP contribution in [0.3, 0.4) is 0 Å². The van der Waals surface area contributed by atoms with Crippen LogP contribution in [0.15, 0.2) is 22.8 Å². The second-order valence-electron chi connectivity index (χ2n) is 4.56. The Morgan fingerprint density at radius 3 is 3.06 bits per heavy atom. The quantitative estimate of drug-likeness (QED) is 0.851. The molecule has 0 spiro atoms. The lowest BCUT2D eigenvalue weighted by molar-refractivity contribution is 0.0833. The topological polar surface area (TPSA) is 42.4 Å². The Hall–Kier alpha value is -0.800. The van der Waals surface area contributed by atoms with Gasteiger partial charge in [-0.2, -0.15) is 0 Å². The van der Waals surface area contributed by atoms with Crippen molar-refractivity contribution in [3.63, 3.8) is 0 Å². The van der Waals surface area contributed by atoms with Crippen LogP contribution < -0.4 is 5.73 Å². The molecule has 2 N–H and O–H groups in total. The lowest BCUT2D eigenvalue weighted by Gasteiger charge is -2.39. The summed E-state index contributed by atoms with van der Waals surface area (Å²) in [5, 5.41) is 0. The van der Waals surface area contributed by atoms with Gasteiger partial charge in [0, 0.05) is 12.6 Å². The van der Waals surface area contributed by atoms with E-state index in [0.717, 1.165) is 12.3 Å². The first-order valence-corrected chi connectivity index (χ1v) is 6.36. The molecule has 0 amide bonds. The van der Waals surface area contributed by atoms with Gasteiger partial charge in [-0.15, -0.1) is 0 Å². The van der Waals surface area contributed by atoms with Crippen molar-refractivity contribution in [1.29, 1.82) is 0 Å². The maximum atomic E-state index is 5.91. The van der Waals surface area contributed by atoms with Crippen molar-refractivity contribution in [2.24, 2.45) is 5.73 Å². The van der Waals surface area contributed by atoms with E-state index in [0.29, 0.717) is 12.6 Å². The van der Waals surface area contributed by atoms with E-state index >= 15 is 0 Å². The standard InChI is InChI=1S/C13H22N2O/c1-2-11-6-3-4-8-15(11)12(10-14)13-7-5-9-16-13/h5,7,9,11-12H,2-4,6,8,10,14H2,1H3. The molecule has 0 aromatic carbocycles. The minimum Gasteiger partial charge on any atom is -0.468 e. The molecule has 0 bridgehead atoms. The van der Waals surface area contributed by atoms with Crippen LogP contribution in [0.25, 0.3) is 0 Å². The number of piperidine rings is 1. The summed E-state index contributed by atoms with van der Waals surface area (Å²) < 4.78 is 5.51. The molecule has 0 saturated carbocycles. The summed E-state index contributed by atoms with van der Waals surface area (Å²) in [5.74, 6) is 1.02. The Labute approximate surface area is 97.6 Å². The monoisotopic (exact) mass is 222 g/mol. The van der Waals surface area contributed by atoms with Gasteiger partial charge in [0.1, 0.15) is 5.76 Å². The third-order valence-corrected chi connectivity index (χ3v) is 3.64. The van der Waals surface area contributed by atoms with Crippen molar-refractivity contribution in [1.82, 2.24) is 4.90 Å². The highest BCUT2D eigenvalue weighted by Gasteiger charge is 2.29. The van der Waals surface area contributed by atoms with E-state index in [9.17, 15) is 0 Å².